The van der Waals surface area contributed by atoms with E-state index in [1.54, 1.807) is 0 Å². The second kappa shape index (κ2) is 5.94. The van der Waals surface area contributed by atoms with Crippen LogP contribution in [0, 0.1) is 6.92 Å². The third kappa shape index (κ3) is 2.39. The molecule has 0 aromatic heterocycles. The molecule has 2 spiro atoms. The van der Waals surface area contributed by atoms with E-state index < -0.39 is 11.2 Å². The Bertz CT molecular complexity index is 1130. The summed E-state index contributed by atoms with van der Waals surface area (Å²) in [6.07, 6.45) is 2.44. The van der Waals surface area contributed by atoms with E-state index in [1.807, 2.05) is 29.2 Å². The molecule has 1 atom stereocenters. The van der Waals surface area contributed by atoms with Crippen molar-refractivity contribution < 1.29 is 19.1 Å². The summed E-state index contributed by atoms with van der Waals surface area (Å²) in [6.45, 7) is 3.30. The van der Waals surface area contributed by atoms with Gasteiger partial charge in [0.2, 0.25) is 5.60 Å². The molecule has 3 aliphatic heterocycles. The van der Waals surface area contributed by atoms with Gasteiger partial charge in [-0.2, -0.15) is 4.99 Å². The first-order valence-electron chi connectivity index (χ1n) is 10.5. The quantitative estimate of drug-likeness (QED) is 0.634. The summed E-state index contributed by atoms with van der Waals surface area (Å²) >= 11 is 0. The number of piperidine rings is 1. The molecule has 1 saturated heterocycles. The number of aryl methyl sites for hydroxylation is 1. The van der Waals surface area contributed by atoms with Crippen LogP contribution < -0.4 is 0 Å². The van der Waals surface area contributed by atoms with Gasteiger partial charge in [0.1, 0.15) is 5.60 Å². The Hall–Kier alpha value is -3.15. The summed E-state index contributed by atoms with van der Waals surface area (Å²) < 4.78 is 12.1. The van der Waals surface area contributed by atoms with Crippen LogP contribution in [-0.4, -0.2) is 41.5 Å². The molecule has 0 saturated carbocycles. The number of ether oxygens (including phenoxy) is 2. The molecule has 6 rings (SSSR count). The zero-order chi connectivity index (χ0) is 20.5. The SMILES string of the molecule is Cc1ccc2c(c1)C[C@@]1(C2)OC(N2CCC3(CC2)OC(=O)c2ccccc23)=NC1=O. The third-order valence-electron chi connectivity index (χ3n) is 6.95. The molecule has 0 bridgehead atoms. The number of likely N-dealkylation sites (tertiary alicyclic amines) is 1. The maximum Gasteiger partial charge on any atom is 0.339 e. The Labute approximate surface area is 174 Å². The van der Waals surface area contributed by atoms with Crippen molar-refractivity contribution >= 4 is 17.9 Å². The smallest absolute Gasteiger partial charge is 0.339 e. The second-order valence-corrected chi connectivity index (χ2v) is 8.84. The number of hydrogen-bond acceptors (Lipinski definition) is 5. The van der Waals surface area contributed by atoms with Gasteiger partial charge in [-0.1, -0.05) is 42.0 Å². The van der Waals surface area contributed by atoms with Crippen molar-refractivity contribution in [3.63, 3.8) is 0 Å². The van der Waals surface area contributed by atoms with Crippen LogP contribution in [0.25, 0.3) is 0 Å². The van der Waals surface area contributed by atoms with Gasteiger partial charge in [-0.05, 0) is 24.1 Å². The number of nitrogens with zero attached hydrogens (tertiary/aromatic N) is 2. The first-order chi connectivity index (χ1) is 14.5. The Morgan fingerprint density at radius 3 is 2.53 bits per heavy atom. The summed E-state index contributed by atoms with van der Waals surface area (Å²) in [5.41, 5.74) is 3.68. The van der Waals surface area contributed by atoms with Crippen molar-refractivity contribution in [1.29, 1.82) is 0 Å². The molecule has 6 heteroatoms. The molecule has 2 aromatic rings. The number of hydrogen-bond donors (Lipinski definition) is 0. The van der Waals surface area contributed by atoms with E-state index in [4.69, 9.17) is 9.47 Å². The van der Waals surface area contributed by atoms with Gasteiger partial charge < -0.3 is 14.4 Å². The van der Waals surface area contributed by atoms with Crippen molar-refractivity contribution in [3.8, 4) is 0 Å². The van der Waals surface area contributed by atoms with E-state index in [2.05, 4.69) is 30.1 Å². The van der Waals surface area contributed by atoms with Gasteiger partial charge in [-0.3, -0.25) is 4.79 Å². The number of benzene rings is 2. The maximum absolute atomic E-state index is 12.9. The van der Waals surface area contributed by atoms with E-state index in [0.717, 1.165) is 11.1 Å². The summed E-state index contributed by atoms with van der Waals surface area (Å²) in [7, 11) is 0. The van der Waals surface area contributed by atoms with Crippen molar-refractivity contribution in [3.05, 3.63) is 70.3 Å². The zero-order valence-corrected chi connectivity index (χ0v) is 16.8. The molecule has 0 N–H and O–H groups in total. The monoisotopic (exact) mass is 402 g/mol. The Morgan fingerprint density at radius 2 is 1.70 bits per heavy atom. The van der Waals surface area contributed by atoms with Crippen molar-refractivity contribution in [2.45, 2.75) is 43.8 Å². The fraction of sp³-hybridized carbons (Fsp3) is 0.375. The minimum Gasteiger partial charge on any atom is -0.450 e. The van der Waals surface area contributed by atoms with E-state index in [0.29, 0.717) is 50.4 Å². The molecule has 0 unspecified atom stereocenters. The molecule has 30 heavy (non-hydrogen) atoms. The minimum atomic E-state index is -0.896. The third-order valence-corrected chi connectivity index (χ3v) is 6.95. The van der Waals surface area contributed by atoms with E-state index in [9.17, 15) is 9.59 Å². The molecule has 4 aliphatic rings. The highest BCUT2D eigenvalue weighted by Gasteiger charge is 2.53. The first-order valence-corrected chi connectivity index (χ1v) is 10.5. The zero-order valence-electron chi connectivity index (χ0n) is 16.8. The minimum absolute atomic E-state index is 0.190. The van der Waals surface area contributed by atoms with Gasteiger partial charge in [0.25, 0.3) is 11.9 Å². The highest BCUT2D eigenvalue weighted by atomic mass is 16.6. The first kappa shape index (κ1) is 17.7. The van der Waals surface area contributed by atoms with Crippen LogP contribution >= 0.6 is 0 Å². The van der Waals surface area contributed by atoms with Crippen LogP contribution in [-0.2, 0) is 32.7 Å². The van der Waals surface area contributed by atoms with Gasteiger partial charge in [0.05, 0.1) is 5.56 Å². The molecular weight excluding hydrogens is 380 g/mol. The lowest BCUT2D eigenvalue weighted by Gasteiger charge is -2.39. The predicted octanol–water partition coefficient (Wildman–Crippen LogP) is 2.91. The van der Waals surface area contributed by atoms with Crippen molar-refractivity contribution in [2.24, 2.45) is 4.99 Å². The summed E-state index contributed by atoms with van der Waals surface area (Å²) in [4.78, 5) is 31.5. The maximum atomic E-state index is 12.9. The summed E-state index contributed by atoms with van der Waals surface area (Å²) in [5.74, 6) is -0.439. The topological polar surface area (TPSA) is 68.2 Å². The fourth-order valence-corrected chi connectivity index (χ4v) is 5.33. The fourth-order valence-electron chi connectivity index (χ4n) is 5.33. The van der Waals surface area contributed by atoms with Crippen LogP contribution in [0.3, 0.4) is 0 Å². The highest BCUT2D eigenvalue weighted by Crippen LogP contribution is 2.45. The number of rotatable bonds is 0. The number of amides is 1. The van der Waals surface area contributed by atoms with E-state index in [1.165, 1.54) is 11.1 Å². The number of fused-ring (bicyclic) bond motifs is 3. The number of carbonyl (C=O) groups is 2. The molecule has 1 amide bonds. The Morgan fingerprint density at radius 1 is 0.933 bits per heavy atom. The van der Waals surface area contributed by atoms with Crippen LogP contribution in [0.5, 0.6) is 0 Å². The molecular formula is C24H22N2O4. The molecule has 1 fully saturated rings. The second-order valence-electron chi connectivity index (χ2n) is 8.84. The average molecular weight is 402 g/mol. The lowest BCUT2D eigenvalue weighted by atomic mass is 9.84. The summed E-state index contributed by atoms with van der Waals surface area (Å²) in [5, 5.41) is 0. The van der Waals surface area contributed by atoms with Gasteiger partial charge in [-0.25, -0.2) is 4.79 Å². The Balaban J connectivity index is 1.20. The molecule has 2 aromatic carbocycles. The lowest BCUT2D eigenvalue weighted by molar-refractivity contribution is -0.130. The largest absolute Gasteiger partial charge is 0.450 e. The van der Waals surface area contributed by atoms with Crippen molar-refractivity contribution in [1.82, 2.24) is 4.90 Å². The van der Waals surface area contributed by atoms with Crippen LogP contribution in [0.1, 0.15) is 45.5 Å². The van der Waals surface area contributed by atoms with E-state index >= 15 is 0 Å². The molecule has 152 valence electrons. The number of carbonyl (C=O) groups excluding carboxylic acids is 2. The number of aliphatic imine (C=N–C) groups is 1. The summed E-state index contributed by atoms with van der Waals surface area (Å²) in [6, 6.07) is 14.3. The van der Waals surface area contributed by atoms with Crippen LogP contribution in [0.15, 0.2) is 47.5 Å². The molecule has 6 nitrogen and oxygen atoms in total. The normalized spacial score (nSPS) is 25.9. The van der Waals surface area contributed by atoms with Crippen LogP contribution in [0.2, 0.25) is 0 Å². The molecule has 3 heterocycles. The molecule has 0 radical (unpaired) electrons. The van der Waals surface area contributed by atoms with E-state index in [-0.39, 0.29) is 11.9 Å². The standard InChI is InChI=1S/C24H22N2O4/c1-15-6-7-16-13-24(14-17(16)12-15)21(28)25-22(30-24)26-10-8-23(9-11-26)19-5-3-2-4-18(19)20(27)29-23/h2-7,12H,8-11,13-14H2,1H3/t24-/m1/s1. The van der Waals surface area contributed by atoms with Gasteiger partial charge in [0, 0.05) is 44.3 Å². The van der Waals surface area contributed by atoms with Crippen LogP contribution in [0.4, 0.5) is 0 Å². The lowest BCUT2D eigenvalue weighted by Crippen LogP contribution is -2.47. The average Bonchev–Trinajstić information content (AvgIpc) is 3.35. The van der Waals surface area contributed by atoms with Gasteiger partial charge in [0.15, 0.2) is 0 Å². The number of esters is 1. The van der Waals surface area contributed by atoms with Crippen molar-refractivity contribution in [2.75, 3.05) is 13.1 Å². The Kier molecular flexibility index (Phi) is 3.50. The number of amidine groups is 1. The van der Waals surface area contributed by atoms with Gasteiger partial charge >= 0.3 is 5.97 Å². The van der Waals surface area contributed by atoms with Gasteiger partial charge in [-0.15, -0.1) is 0 Å². The highest BCUT2D eigenvalue weighted by molar-refractivity contribution is 6.02. The molecule has 1 aliphatic carbocycles. The predicted molar refractivity (Wildman–Crippen MR) is 109 cm³/mol.